The summed E-state index contributed by atoms with van der Waals surface area (Å²) in [7, 11) is -3.63. The molecule has 112 valence electrons. The Morgan fingerprint density at radius 1 is 1.24 bits per heavy atom. The number of hydrogen-bond acceptors (Lipinski definition) is 5. The second-order valence-electron chi connectivity index (χ2n) is 4.79. The molecule has 0 aliphatic carbocycles. The first-order chi connectivity index (χ1) is 10.1. The average Bonchev–Trinajstić information content (AvgIpc) is 2.92. The van der Waals surface area contributed by atoms with Gasteiger partial charge >= 0.3 is 0 Å². The van der Waals surface area contributed by atoms with Gasteiger partial charge in [-0.25, -0.2) is 13.1 Å². The van der Waals surface area contributed by atoms with Gasteiger partial charge < -0.3 is 4.74 Å². The Balaban J connectivity index is 1.78. The van der Waals surface area contributed by atoms with Crippen LogP contribution in [0.25, 0.3) is 10.9 Å². The van der Waals surface area contributed by atoms with Crippen molar-refractivity contribution in [1.82, 2.24) is 14.1 Å². The minimum atomic E-state index is -3.63. The fourth-order valence-electron chi connectivity index (χ4n) is 2.23. The number of benzene rings is 1. The van der Waals surface area contributed by atoms with Crippen LogP contribution in [-0.2, 0) is 14.8 Å². The van der Waals surface area contributed by atoms with Gasteiger partial charge in [-0.15, -0.1) is 0 Å². The van der Waals surface area contributed by atoms with Crippen LogP contribution in [0, 0.1) is 0 Å². The Morgan fingerprint density at radius 2 is 1.95 bits per heavy atom. The largest absolute Gasteiger partial charge is 0.379 e. The Bertz CT molecular complexity index is 730. The summed E-state index contributed by atoms with van der Waals surface area (Å²) in [4.78, 5) is 12.1. The third-order valence-corrected chi connectivity index (χ3v) is 5.10. The van der Waals surface area contributed by atoms with E-state index in [2.05, 4.69) is 5.10 Å². The lowest BCUT2D eigenvalue weighted by Crippen LogP contribution is -2.43. The number of nitrogens with zero attached hydrogens (tertiary/aromatic N) is 3. The smallest absolute Gasteiger partial charge is 0.263 e. The highest BCUT2D eigenvalue weighted by molar-refractivity contribution is 7.89. The molecular weight excluding hydrogens is 294 g/mol. The van der Waals surface area contributed by atoms with Crippen molar-refractivity contribution in [2.75, 3.05) is 32.1 Å². The van der Waals surface area contributed by atoms with Gasteiger partial charge in [0.25, 0.3) is 5.91 Å². The van der Waals surface area contributed by atoms with Gasteiger partial charge in [0.1, 0.15) is 5.75 Å². The zero-order chi connectivity index (χ0) is 14.9. The first-order valence-corrected chi connectivity index (χ1v) is 8.20. The number of sulfonamides is 1. The molecule has 1 aliphatic rings. The Hall–Kier alpha value is -1.77. The van der Waals surface area contributed by atoms with Gasteiger partial charge in [-0.05, 0) is 6.07 Å². The number of fused-ring (bicyclic) bond motifs is 1. The zero-order valence-corrected chi connectivity index (χ0v) is 12.1. The third kappa shape index (κ3) is 2.97. The molecule has 1 aromatic heterocycles. The van der Waals surface area contributed by atoms with Crippen molar-refractivity contribution in [3.8, 4) is 0 Å². The molecule has 8 heteroatoms. The predicted molar refractivity (Wildman–Crippen MR) is 76.5 cm³/mol. The van der Waals surface area contributed by atoms with Crippen LogP contribution in [0.4, 0.5) is 0 Å². The van der Waals surface area contributed by atoms with E-state index in [-0.39, 0.29) is 13.1 Å². The number of ether oxygens (including phenoxy) is 1. The van der Waals surface area contributed by atoms with Crippen LogP contribution in [0.1, 0.15) is 4.79 Å². The Morgan fingerprint density at radius 3 is 2.67 bits per heavy atom. The fourth-order valence-corrected chi connectivity index (χ4v) is 3.56. The molecule has 0 unspecified atom stereocenters. The lowest BCUT2D eigenvalue weighted by Gasteiger charge is -2.25. The van der Waals surface area contributed by atoms with E-state index in [0.717, 1.165) is 10.1 Å². The fraction of sp³-hybridized carbons (Fsp3) is 0.385. The highest BCUT2D eigenvalue weighted by Gasteiger charge is 2.27. The number of carbonyl (C=O) groups is 1. The maximum Gasteiger partial charge on any atom is 0.263 e. The summed E-state index contributed by atoms with van der Waals surface area (Å²) >= 11 is 0. The van der Waals surface area contributed by atoms with E-state index >= 15 is 0 Å². The number of aromatic nitrogens is 2. The molecule has 0 amide bonds. The molecule has 1 saturated heterocycles. The highest BCUT2D eigenvalue weighted by atomic mass is 32.2. The van der Waals surface area contributed by atoms with Gasteiger partial charge in [0.05, 0.1) is 18.7 Å². The van der Waals surface area contributed by atoms with E-state index in [1.165, 1.54) is 4.31 Å². The molecule has 2 aromatic rings. The van der Waals surface area contributed by atoms with Crippen molar-refractivity contribution in [3.05, 3.63) is 30.5 Å². The molecule has 0 atom stereocenters. The van der Waals surface area contributed by atoms with Gasteiger partial charge in [-0.1, -0.05) is 18.2 Å². The summed E-state index contributed by atoms with van der Waals surface area (Å²) in [5.41, 5.74) is 0.662. The first-order valence-electron chi connectivity index (χ1n) is 6.59. The summed E-state index contributed by atoms with van der Waals surface area (Å²) in [6.45, 7) is 1.30. The summed E-state index contributed by atoms with van der Waals surface area (Å²) < 4.78 is 31.9. The van der Waals surface area contributed by atoms with Crippen LogP contribution in [0.2, 0.25) is 0 Å². The van der Waals surface area contributed by atoms with Crippen molar-refractivity contribution in [2.24, 2.45) is 0 Å². The number of hydrogen-bond donors (Lipinski definition) is 0. The van der Waals surface area contributed by atoms with Crippen molar-refractivity contribution < 1.29 is 17.9 Å². The topological polar surface area (TPSA) is 81.5 Å². The zero-order valence-electron chi connectivity index (χ0n) is 11.3. The number of morpholine rings is 1. The molecule has 1 aliphatic heterocycles. The van der Waals surface area contributed by atoms with E-state index < -0.39 is 21.7 Å². The van der Waals surface area contributed by atoms with Crippen molar-refractivity contribution in [1.29, 1.82) is 0 Å². The average molecular weight is 309 g/mol. The maximum absolute atomic E-state index is 12.2. The van der Waals surface area contributed by atoms with E-state index in [4.69, 9.17) is 4.74 Å². The van der Waals surface area contributed by atoms with Crippen LogP contribution in [0.3, 0.4) is 0 Å². The lowest BCUT2D eigenvalue weighted by molar-refractivity contribution is 0.0724. The normalized spacial score (nSPS) is 17.1. The first kappa shape index (κ1) is 14.2. The minimum absolute atomic E-state index is 0.288. The molecule has 0 saturated carbocycles. The van der Waals surface area contributed by atoms with E-state index in [1.54, 1.807) is 12.3 Å². The maximum atomic E-state index is 12.2. The van der Waals surface area contributed by atoms with E-state index in [1.807, 2.05) is 18.2 Å². The van der Waals surface area contributed by atoms with Crippen LogP contribution < -0.4 is 0 Å². The molecule has 21 heavy (non-hydrogen) atoms. The molecule has 7 nitrogen and oxygen atoms in total. The Labute approximate surface area is 122 Å². The van der Waals surface area contributed by atoms with Crippen LogP contribution in [0.5, 0.6) is 0 Å². The second-order valence-corrected chi connectivity index (χ2v) is 6.76. The molecule has 2 heterocycles. The van der Waals surface area contributed by atoms with Gasteiger partial charge in [0.15, 0.2) is 0 Å². The molecule has 0 bridgehead atoms. The van der Waals surface area contributed by atoms with Gasteiger partial charge in [-0.2, -0.15) is 9.40 Å². The highest BCUT2D eigenvalue weighted by Crippen LogP contribution is 2.12. The van der Waals surface area contributed by atoms with E-state index in [9.17, 15) is 13.2 Å². The molecule has 0 N–H and O–H groups in total. The van der Waals surface area contributed by atoms with Crippen molar-refractivity contribution in [3.63, 3.8) is 0 Å². The van der Waals surface area contributed by atoms with Gasteiger partial charge in [-0.3, -0.25) is 4.79 Å². The molecule has 1 aromatic carbocycles. The molecule has 0 radical (unpaired) electrons. The quantitative estimate of drug-likeness (QED) is 0.816. The summed E-state index contributed by atoms with van der Waals surface area (Å²) in [6, 6.07) is 7.25. The summed E-state index contributed by atoms with van der Waals surface area (Å²) in [5, 5.41) is 4.90. The lowest BCUT2D eigenvalue weighted by atomic mass is 10.3. The van der Waals surface area contributed by atoms with Crippen LogP contribution in [-0.4, -0.2) is 60.5 Å². The van der Waals surface area contributed by atoms with Crippen LogP contribution in [0.15, 0.2) is 30.5 Å². The van der Waals surface area contributed by atoms with E-state index in [0.29, 0.717) is 18.7 Å². The number of carbonyl (C=O) groups excluding carboxylic acids is 1. The SMILES string of the molecule is O=C(CS(=O)(=O)N1CCOCC1)n1cc2ccccc2n1. The minimum Gasteiger partial charge on any atom is -0.379 e. The predicted octanol–water partition coefficient (Wildman–Crippen LogP) is 0.339. The second kappa shape index (κ2) is 5.55. The molecule has 3 rings (SSSR count). The van der Waals surface area contributed by atoms with Crippen molar-refractivity contribution in [2.45, 2.75) is 0 Å². The van der Waals surface area contributed by atoms with Gasteiger partial charge in [0, 0.05) is 24.7 Å². The number of rotatable bonds is 3. The molecular formula is C13H15N3O4S. The summed E-state index contributed by atoms with van der Waals surface area (Å²) in [5.74, 6) is -1.14. The molecule has 1 fully saturated rings. The monoisotopic (exact) mass is 309 g/mol. The summed E-state index contributed by atoms with van der Waals surface area (Å²) in [6.07, 6.45) is 1.55. The standard InChI is InChI=1S/C13H15N3O4S/c17-13(10-21(18,19)15-5-7-20-8-6-15)16-9-11-3-1-2-4-12(11)14-16/h1-4,9H,5-8,10H2. The van der Waals surface area contributed by atoms with Crippen molar-refractivity contribution >= 4 is 26.8 Å². The Kier molecular flexibility index (Phi) is 3.75. The van der Waals surface area contributed by atoms with Gasteiger partial charge in [0.2, 0.25) is 10.0 Å². The third-order valence-electron chi connectivity index (χ3n) is 3.34. The molecule has 0 spiro atoms. The van der Waals surface area contributed by atoms with Crippen LogP contribution >= 0.6 is 0 Å².